The molecule has 0 saturated heterocycles. The molecule has 0 amide bonds. The molecule has 1 heterocycles. The topological polar surface area (TPSA) is 47.4 Å². The summed E-state index contributed by atoms with van der Waals surface area (Å²) in [6, 6.07) is 13.5. The van der Waals surface area contributed by atoms with Crippen molar-refractivity contribution < 1.29 is 8.95 Å². The molecule has 0 aliphatic rings. The Morgan fingerprint density at radius 3 is 2.74 bits per heavy atom. The normalized spacial score (nSPS) is 12.3. The van der Waals surface area contributed by atoms with Crippen LogP contribution in [0.2, 0.25) is 0 Å². The summed E-state index contributed by atoms with van der Waals surface area (Å²) in [5.74, 6) is 1.16. The van der Waals surface area contributed by atoms with Crippen molar-refractivity contribution in [3.05, 3.63) is 54.4 Å². The van der Waals surface area contributed by atoms with E-state index >= 15 is 0 Å². The molecular weight excluding hydrogens is 310 g/mol. The quantitative estimate of drug-likeness (QED) is 0.722. The molecule has 3 aromatic rings. The van der Waals surface area contributed by atoms with Gasteiger partial charge in [-0.1, -0.05) is 12.1 Å². The van der Waals surface area contributed by atoms with Gasteiger partial charge in [0, 0.05) is 19.8 Å². The van der Waals surface area contributed by atoms with E-state index in [1.807, 2.05) is 61.5 Å². The summed E-state index contributed by atoms with van der Waals surface area (Å²) >= 11 is 0. The molecule has 0 radical (unpaired) electrons. The van der Waals surface area contributed by atoms with Gasteiger partial charge in [0.25, 0.3) is 0 Å². The van der Waals surface area contributed by atoms with Gasteiger partial charge >= 0.3 is 0 Å². The summed E-state index contributed by atoms with van der Waals surface area (Å²) in [6.45, 7) is 0. The van der Waals surface area contributed by atoms with Gasteiger partial charge in [-0.15, -0.1) is 0 Å². The Labute approximate surface area is 138 Å². The first kappa shape index (κ1) is 15.6. The zero-order valence-electron chi connectivity index (χ0n) is 13.4. The molecule has 0 saturated carbocycles. The van der Waals surface area contributed by atoms with E-state index in [0.717, 1.165) is 28.0 Å². The lowest BCUT2D eigenvalue weighted by molar-refractivity contribution is 0.414. The number of hydrogen-bond donors (Lipinski definition) is 0. The molecule has 1 unspecified atom stereocenters. The third kappa shape index (κ3) is 3.07. The number of imidazole rings is 1. The Hall–Kier alpha value is -2.34. The Morgan fingerprint density at radius 1 is 1.22 bits per heavy atom. The van der Waals surface area contributed by atoms with E-state index < -0.39 is 11.0 Å². The van der Waals surface area contributed by atoms with Crippen molar-refractivity contribution in [2.75, 3.05) is 26.1 Å². The Bertz CT molecular complexity index is 858. The first-order chi connectivity index (χ1) is 11.1. The van der Waals surface area contributed by atoms with E-state index in [1.54, 1.807) is 17.4 Å². The number of para-hydroxylation sites is 2. The number of aromatic nitrogens is 2. The average Bonchev–Trinajstić information content (AvgIpc) is 2.98. The van der Waals surface area contributed by atoms with Crippen LogP contribution in [0.3, 0.4) is 0 Å². The maximum atomic E-state index is 12.8. The van der Waals surface area contributed by atoms with E-state index in [0.29, 0.717) is 5.75 Å². The van der Waals surface area contributed by atoms with Crippen LogP contribution < -0.4 is 9.64 Å². The highest BCUT2D eigenvalue weighted by atomic mass is 32.2. The van der Waals surface area contributed by atoms with Gasteiger partial charge in [0.05, 0.1) is 23.9 Å². The predicted octanol–water partition coefficient (Wildman–Crippen LogP) is 2.82. The summed E-state index contributed by atoms with van der Waals surface area (Å²) in [6.07, 6.45) is 1.64. The van der Waals surface area contributed by atoms with Gasteiger partial charge in [-0.2, -0.15) is 0 Å². The van der Waals surface area contributed by atoms with Crippen molar-refractivity contribution in [2.24, 2.45) is 0 Å². The molecule has 0 N–H and O–H groups in total. The second-order valence-electron chi connectivity index (χ2n) is 5.41. The van der Waals surface area contributed by atoms with Gasteiger partial charge in [0.2, 0.25) is 0 Å². The monoisotopic (exact) mass is 329 g/mol. The molecule has 0 fully saturated rings. The smallest absolute Gasteiger partial charge is 0.129 e. The number of hydrogen-bond acceptors (Lipinski definition) is 4. The van der Waals surface area contributed by atoms with Gasteiger partial charge in [-0.3, -0.25) is 0 Å². The third-order valence-electron chi connectivity index (χ3n) is 3.69. The number of anilines is 1. The molecule has 3 rings (SSSR count). The highest BCUT2D eigenvalue weighted by Crippen LogP contribution is 2.26. The van der Waals surface area contributed by atoms with Gasteiger partial charge < -0.3 is 9.64 Å². The van der Waals surface area contributed by atoms with Gasteiger partial charge in [-0.25, -0.2) is 13.2 Å². The summed E-state index contributed by atoms with van der Waals surface area (Å²) in [5.41, 5.74) is 3.73. The fraction of sp³-hybridized carbons (Fsp3) is 0.235. The fourth-order valence-corrected chi connectivity index (χ4v) is 3.70. The highest BCUT2D eigenvalue weighted by molar-refractivity contribution is 7.82. The average molecular weight is 329 g/mol. The Morgan fingerprint density at radius 2 is 2.00 bits per heavy atom. The summed E-state index contributed by atoms with van der Waals surface area (Å²) in [7, 11) is 4.34. The zero-order valence-corrected chi connectivity index (χ0v) is 14.2. The second kappa shape index (κ2) is 6.42. The van der Waals surface area contributed by atoms with Gasteiger partial charge in [0.15, 0.2) is 0 Å². The van der Waals surface area contributed by atoms with Crippen molar-refractivity contribution in [3.8, 4) is 5.75 Å². The van der Waals surface area contributed by atoms with Crippen LogP contribution in [0.5, 0.6) is 5.75 Å². The Kier molecular flexibility index (Phi) is 4.34. The molecule has 0 aliphatic heterocycles. The predicted molar refractivity (Wildman–Crippen MR) is 94.3 cm³/mol. The molecule has 2 aromatic carbocycles. The van der Waals surface area contributed by atoms with Crippen molar-refractivity contribution >= 4 is 27.7 Å². The van der Waals surface area contributed by atoms with Gasteiger partial charge in [0.1, 0.15) is 23.1 Å². The number of fused-ring (bicyclic) bond motifs is 1. The molecule has 120 valence electrons. The van der Waals surface area contributed by atoms with Crippen LogP contribution >= 0.6 is 0 Å². The molecule has 1 aromatic heterocycles. The minimum absolute atomic E-state index is 0.394. The minimum atomic E-state index is -1.24. The zero-order chi connectivity index (χ0) is 16.4. The molecule has 5 nitrogen and oxygen atoms in total. The van der Waals surface area contributed by atoms with E-state index in [9.17, 15) is 4.21 Å². The Balaban J connectivity index is 1.96. The summed E-state index contributed by atoms with van der Waals surface area (Å²) in [5, 5.41) is 0. The van der Waals surface area contributed by atoms with Crippen molar-refractivity contribution in [2.45, 2.75) is 5.75 Å². The molecule has 0 bridgehead atoms. The SMILES string of the molecule is COc1ccc(N(C)C)c(CS(=O)n2cnc3ccccc32)c1. The molecule has 0 aliphatic carbocycles. The summed E-state index contributed by atoms with van der Waals surface area (Å²) < 4.78 is 19.9. The first-order valence-corrected chi connectivity index (χ1v) is 8.53. The van der Waals surface area contributed by atoms with E-state index in [1.165, 1.54) is 0 Å². The van der Waals surface area contributed by atoms with Gasteiger partial charge in [-0.05, 0) is 35.9 Å². The van der Waals surface area contributed by atoms with Crippen molar-refractivity contribution in [1.29, 1.82) is 0 Å². The molecule has 1 atom stereocenters. The van der Waals surface area contributed by atoms with Crippen molar-refractivity contribution in [1.82, 2.24) is 8.96 Å². The van der Waals surface area contributed by atoms with E-state index in [-0.39, 0.29) is 0 Å². The maximum absolute atomic E-state index is 12.8. The number of methoxy groups -OCH3 is 1. The number of benzene rings is 2. The maximum Gasteiger partial charge on any atom is 0.129 e. The molecule has 23 heavy (non-hydrogen) atoms. The van der Waals surface area contributed by atoms with Crippen LogP contribution in [0.1, 0.15) is 5.56 Å². The highest BCUT2D eigenvalue weighted by Gasteiger charge is 2.13. The third-order valence-corrected chi connectivity index (χ3v) is 4.98. The van der Waals surface area contributed by atoms with Crippen LogP contribution in [0.4, 0.5) is 5.69 Å². The van der Waals surface area contributed by atoms with Crippen LogP contribution in [0, 0.1) is 0 Å². The van der Waals surface area contributed by atoms with E-state index in [2.05, 4.69) is 4.98 Å². The van der Waals surface area contributed by atoms with E-state index in [4.69, 9.17) is 4.74 Å². The standard InChI is InChI=1S/C17H19N3O2S/c1-19(2)16-9-8-14(22-3)10-13(16)11-23(21)20-12-18-15-6-4-5-7-17(15)20/h4-10,12H,11H2,1-3H3. The number of nitrogens with zero attached hydrogens (tertiary/aromatic N) is 3. The second-order valence-corrected chi connectivity index (χ2v) is 6.74. The first-order valence-electron chi connectivity index (χ1n) is 7.25. The lowest BCUT2D eigenvalue weighted by Crippen LogP contribution is -2.14. The van der Waals surface area contributed by atoms with Crippen LogP contribution in [-0.2, 0) is 16.7 Å². The lowest BCUT2D eigenvalue weighted by atomic mass is 10.2. The molecule has 0 spiro atoms. The molecule has 6 heteroatoms. The lowest BCUT2D eigenvalue weighted by Gasteiger charge is -2.18. The van der Waals surface area contributed by atoms with Crippen LogP contribution in [-0.4, -0.2) is 34.4 Å². The molecular formula is C17H19N3O2S. The number of rotatable bonds is 5. The number of ether oxygens (including phenoxy) is 1. The van der Waals surface area contributed by atoms with Crippen LogP contribution in [0.25, 0.3) is 11.0 Å². The minimum Gasteiger partial charge on any atom is -0.497 e. The fourth-order valence-electron chi connectivity index (χ4n) is 2.54. The van der Waals surface area contributed by atoms with Crippen LogP contribution in [0.15, 0.2) is 48.8 Å². The summed E-state index contributed by atoms with van der Waals surface area (Å²) in [4.78, 5) is 6.32. The largest absolute Gasteiger partial charge is 0.497 e. The van der Waals surface area contributed by atoms with Crippen molar-refractivity contribution in [3.63, 3.8) is 0 Å².